The fraction of sp³-hybridized carbons (Fsp3) is 0.333. The van der Waals surface area contributed by atoms with Gasteiger partial charge in [-0.1, -0.05) is 0 Å². The van der Waals surface area contributed by atoms with Crippen molar-refractivity contribution >= 4 is 5.78 Å². The highest BCUT2D eigenvalue weighted by molar-refractivity contribution is 5.97. The SMILES string of the molecule is Cc1cc(CC(=O)c2ccc3c(c2)CCO3)n(C)n1. The van der Waals surface area contributed by atoms with Crippen LogP contribution in [0.25, 0.3) is 0 Å². The first-order valence-electron chi connectivity index (χ1n) is 6.42. The van der Waals surface area contributed by atoms with E-state index in [0.717, 1.165) is 34.7 Å². The van der Waals surface area contributed by atoms with Gasteiger partial charge in [-0.2, -0.15) is 5.10 Å². The molecule has 0 amide bonds. The van der Waals surface area contributed by atoms with Gasteiger partial charge in [0.15, 0.2) is 5.78 Å². The molecule has 0 unspecified atom stereocenters. The topological polar surface area (TPSA) is 44.1 Å². The molecule has 0 N–H and O–H groups in total. The van der Waals surface area contributed by atoms with Crippen molar-refractivity contribution in [3.8, 4) is 5.75 Å². The van der Waals surface area contributed by atoms with Crippen molar-refractivity contribution in [3.63, 3.8) is 0 Å². The molecule has 4 heteroatoms. The van der Waals surface area contributed by atoms with Gasteiger partial charge < -0.3 is 4.74 Å². The molecule has 98 valence electrons. The molecule has 1 aromatic heterocycles. The van der Waals surface area contributed by atoms with Crippen LogP contribution in [0, 0.1) is 6.92 Å². The number of Topliss-reactive ketones (excluding diaryl/α,β-unsaturated/α-hetero) is 1. The summed E-state index contributed by atoms with van der Waals surface area (Å²) in [6.45, 7) is 2.65. The molecular formula is C15H16N2O2. The number of benzene rings is 1. The van der Waals surface area contributed by atoms with Crippen molar-refractivity contribution in [2.45, 2.75) is 19.8 Å². The highest BCUT2D eigenvalue weighted by atomic mass is 16.5. The zero-order valence-electron chi connectivity index (χ0n) is 11.1. The molecule has 1 aromatic carbocycles. The van der Waals surface area contributed by atoms with Crippen molar-refractivity contribution in [2.24, 2.45) is 7.05 Å². The first-order valence-corrected chi connectivity index (χ1v) is 6.42. The average Bonchev–Trinajstić information content (AvgIpc) is 2.95. The number of carbonyl (C=O) groups excluding carboxylic acids is 1. The molecule has 0 saturated heterocycles. The standard InChI is InChI=1S/C15H16N2O2/c1-10-7-13(17(2)16-10)9-14(18)11-3-4-15-12(8-11)5-6-19-15/h3-4,7-8H,5-6,9H2,1-2H3. The molecule has 1 aliphatic heterocycles. The predicted octanol–water partition coefficient (Wildman–Crippen LogP) is 2.09. The monoisotopic (exact) mass is 256 g/mol. The Balaban J connectivity index is 1.82. The molecule has 0 radical (unpaired) electrons. The Bertz CT molecular complexity index is 644. The van der Waals surface area contributed by atoms with Crippen LogP contribution in [0.4, 0.5) is 0 Å². The fourth-order valence-electron chi connectivity index (χ4n) is 2.46. The van der Waals surface area contributed by atoms with Crippen LogP contribution in [-0.4, -0.2) is 22.2 Å². The van der Waals surface area contributed by atoms with Crippen LogP contribution in [0.1, 0.15) is 27.3 Å². The number of ether oxygens (including phenoxy) is 1. The fourth-order valence-corrected chi connectivity index (χ4v) is 2.46. The zero-order valence-corrected chi connectivity index (χ0v) is 11.1. The third-order valence-electron chi connectivity index (χ3n) is 3.45. The summed E-state index contributed by atoms with van der Waals surface area (Å²) in [5, 5.41) is 4.26. The quantitative estimate of drug-likeness (QED) is 0.790. The normalized spacial score (nSPS) is 13.2. The van der Waals surface area contributed by atoms with Crippen LogP contribution in [-0.2, 0) is 19.9 Å². The van der Waals surface area contributed by atoms with Gasteiger partial charge in [-0.25, -0.2) is 0 Å². The number of aryl methyl sites for hydroxylation is 2. The molecule has 0 aliphatic carbocycles. The van der Waals surface area contributed by atoms with Gasteiger partial charge in [0.05, 0.1) is 18.7 Å². The van der Waals surface area contributed by atoms with Crippen molar-refractivity contribution in [2.75, 3.05) is 6.61 Å². The van der Waals surface area contributed by atoms with E-state index < -0.39 is 0 Å². The van der Waals surface area contributed by atoms with E-state index in [4.69, 9.17) is 4.74 Å². The Morgan fingerprint density at radius 1 is 1.42 bits per heavy atom. The molecule has 2 aromatic rings. The Hall–Kier alpha value is -2.10. The Kier molecular flexibility index (Phi) is 2.85. The minimum atomic E-state index is 0.123. The van der Waals surface area contributed by atoms with E-state index in [-0.39, 0.29) is 5.78 Å². The molecule has 4 nitrogen and oxygen atoms in total. The maximum absolute atomic E-state index is 12.3. The number of aromatic nitrogens is 2. The van der Waals surface area contributed by atoms with Crippen LogP contribution < -0.4 is 4.74 Å². The highest BCUT2D eigenvalue weighted by Gasteiger charge is 2.16. The smallest absolute Gasteiger partial charge is 0.168 e. The van der Waals surface area contributed by atoms with Gasteiger partial charge in [0.25, 0.3) is 0 Å². The minimum absolute atomic E-state index is 0.123. The summed E-state index contributed by atoms with van der Waals surface area (Å²) in [4.78, 5) is 12.3. The van der Waals surface area contributed by atoms with E-state index in [1.54, 1.807) is 4.68 Å². The second-order valence-corrected chi connectivity index (χ2v) is 4.92. The second-order valence-electron chi connectivity index (χ2n) is 4.92. The van der Waals surface area contributed by atoms with Crippen molar-refractivity contribution in [3.05, 3.63) is 46.8 Å². The predicted molar refractivity (Wildman–Crippen MR) is 71.6 cm³/mol. The van der Waals surface area contributed by atoms with E-state index in [0.29, 0.717) is 13.0 Å². The largest absolute Gasteiger partial charge is 0.493 e. The number of hydrogen-bond acceptors (Lipinski definition) is 3. The first kappa shape index (κ1) is 12.0. The van der Waals surface area contributed by atoms with Crippen LogP contribution in [0.2, 0.25) is 0 Å². The number of rotatable bonds is 3. The molecule has 2 heterocycles. The molecule has 0 spiro atoms. The maximum atomic E-state index is 12.3. The lowest BCUT2D eigenvalue weighted by Crippen LogP contribution is -2.08. The van der Waals surface area contributed by atoms with Gasteiger partial charge in [-0.15, -0.1) is 0 Å². The molecule has 0 bridgehead atoms. The lowest BCUT2D eigenvalue weighted by atomic mass is 10.0. The van der Waals surface area contributed by atoms with E-state index in [2.05, 4.69) is 5.10 Å². The highest BCUT2D eigenvalue weighted by Crippen LogP contribution is 2.26. The van der Waals surface area contributed by atoms with Crippen LogP contribution >= 0.6 is 0 Å². The van der Waals surface area contributed by atoms with Gasteiger partial charge in [-0.05, 0) is 36.8 Å². The summed E-state index contributed by atoms with van der Waals surface area (Å²) < 4.78 is 7.22. The zero-order chi connectivity index (χ0) is 13.4. The molecular weight excluding hydrogens is 240 g/mol. The molecule has 0 saturated carbocycles. The molecule has 1 aliphatic rings. The van der Waals surface area contributed by atoms with E-state index in [1.807, 2.05) is 38.2 Å². The number of fused-ring (bicyclic) bond motifs is 1. The van der Waals surface area contributed by atoms with Gasteiger partial charge in [0.2, 0.25) is 0 Å². The van der Waals surface area contributed by atoms with Crippen molar-refractivity contribution in [1.29, 1.82) is 0 Å². The number of carbonyl (C=O) groups is 1. The van der Waals surface area contributed by atoms with Crippen molar-refractivity contribution in [1.82, 2.24) is 9.78 Å². The van der Waals surface area contributed by atoms with Crippen LogP contribution in [0.15, 0.2) is 24.3 Å². The molecule has 3 rings (SSSR count). The van der Waals surface area contributed by atoms with E-state index in [9.17, 15) is 4.79 Å². The summed E-state index contributed by atoms with van der Waals surface area (Å²) >= 11 is 0. The molecule has 0 fully saturated rings. The van der Waals surface area contributed by atoms with E-state index in [1.165, 1.54) is 0 Å². The maximum Gasteiger partial charge on any atom is 0.168 e. The summed E-state index contributed by atoms with van der Waals surface area (Å²) in [5.41, 5.74) is 3.77. The summed E-state index contributed by atoms with van der Waals surface area (Å²) in [6.07, 6.45) is 1.28. The van der Waals surface area contributed by atoms with Gasteiger partial charge in [0.1, 0.15) is 5.75 Å². The Morgan fingerprint density at radius 2 is 2.26 bits per heavy atom. The lowest BCUT2D eigenvalue weighted by Gasteiger charge is -2.04. The Labute approximate surface area is 112 Å². The Morgan fingerprint density at radius 3 is 3.00 bits per heavy atom. The van der Waals surface area contributed by atoms with E-state index >= 15 is 0 Å². The molecule has 0 atom stereocenters. The average molecular weight is 256 g/mol. The van der Waals surface area contributed by atoms with Crippen LogP contribution in [0.5, 0.6) is 5.75 Å². The number of nitrogens with zero attached hydrogens (tertiary/aromatic N) is 2. The van der Waals surface area contributed by atoms with Gasteiger partial charge in [-0.3, -0.25) is 9.48 Å². The second kappa shape index (κ2) is 4.53. The number of ketones is 1. The molecule has 19 heavy (non-hydrogen) atoms. The first-order chi connectivity index (χ1) is 9.13. The number of hydrogen-bond donors (Lipinski definition) is 0. The van der Waals surface area contributed by atoms with Gasteiger partial charge in [0, 0.05) is 24.7 Å². The summed E-state index contributed by atoms with van der Waals surface area (Å²) in [7, 11) is 1.87. The lowest BCUT2D eigenvalue weighted by molar-refractivity contribution is 0.0990. The minimum Gasteiger partial charge on any atom is -0.493 e. The van der Waals surface area contributed by atoms with Crippen molar-refractivity contribution < 1.29 is 9.53 Å². The summed E-state index contributed by atoms with van der Waals surface area (Å²) in [5.74, 6) is 1.03. The third kappa shape index (κ3) is 2.26. The van der Waals surface area contributed by atoms with Gasteiger partial charge >= 0.3 is 0 Å². The third-order valence-corrected chi connectivity index (χ3v) is 3.45. The van der Waals surface area contributed by atoms with Crippen LogP contribution in [0.3, 0.4) is 0 Å². The summed E-state index contributed by atoms with van der Waals surface area (Å²) in [6, 6.07) is 7.64.